The van der Waals surface area contributed by atoms with Crippen molar-refractivity contribution in [2.75, 3.05) is 0 Å². The average Bonchev–Trinajstić information content (AvgIpc) is 1.68. The zero-order chi connectivity index (χ0) is 5.70. The zero-order valence-electron chi connectivity index (χ0n) is 3.55. The molecule has 0 unspecified atom stereocenters. The summed E-state index contributed by atoms with van der Waals surface area (Å²) in [6.45, 7) is 3.16. The number of rotatable bonds is 1. The molecular weight excluding hydrogens is 110 g/mol. The van der Waals surface area contributed by atoms with Gasteiger partial charge >= 0.3 is 0 Å². The average molecular weight is 113 g/mol. The van der Waals surface area contributed by atoms with E-state index in [0.29, 0.717) is 11.8 Å². The minimum atomic E-state index is -0.303. The minimum absolute atomic E-state index is 0.303. The second-order valence-electron chi connectivity index (χ2n) is 0.717. The summed E-state index contributed by atoms with van der Waals surface area (Å²) in [5, 5.41) is 9.12. The molecule has 0 rings (SSSR count). The Morgan fingerprint density at radius 1 is 2.00 bits per heavy atom. The molecule has 0 heterocycles. The van der Waals surface area contributed by atoms with Crippen molar-refractivity contribution in [3.63, 3.8) is 0 Å². The normalized spacial score (nSPS) is 6.71. The van der Waals surface area contributed by atoms with Crippen LogP contribution in [-0.4, -0.2) is 5.12 Å². The lowest BCUT2D eigenvalue weighted by Gasteiger charge is -1.72. The first-order valence-electron chi connectivity index (χ1n) is 1.53. The van der Waals surface area contributed by atoms with Crippen molar-refractivity contribution in [1.82, 2.24) is 0 Å². The SMILES string of the molecule is C=CC(=O)SC#N. The van der Waals surface area contributed by atoms with Crippen LogP contribution in [0.1, 0.15) is 0 Å². The fourth-order valence-electron chi connectivity index (χ4n) is 0.0867. The van der Waals surface area contributed by atoms with E-state index in [0.717, 1.165) is 6.08 Å². The standard InChI is InChI=1S/C4H3NOS/c1-2-4(6)7-3-5/h2H,1H2. The highest BCUT2D eigenvalue weighted by atomic mass is 32.2. The van der Waals surface area contributed by atoms with Crippen molar-refractivity contribution in [3.8, 4) is 5.40 Å². The molecule has 0 aliphatic carbocycles. The summed E-state index contributed by atoms with van der Waals surface area (Å²) < 4.78 is 0. The smallest absolute Gasteiger partial charge is 0.225 e. The van der Waals surface area contributed by atoms with Gasteiger partial charge in [-0.3, -0.25) is 4.79 Å². The molecule has 0 aliphatic rings. The van der Waals surface area contributed by atoms with E-state index < -0.39 is 0 Å². The fraction of sp³-hybridized carbons (Fsp3) is 0. The van der Waals surface area contributed by atoms with Crippen LogP contribution in [-0.2, 0) is 4.79 Å². The lowest BCUT2D eigenvalue weighted by molar-refractivity contribution is -0.106. The lowest BCUT2D eigenvalue weighted by Crippen LogP contribution is -1.76. The maximum Gasteiger partial charge on any atom is 0.225 e. The molecule has 7 heavy (non-hydrogen) atoms. The highest BCUT2D eigenvalue weighted by Gasteiger charge is 1.89. The molecule has 0 radical (unpaired) electrons. The van der Waals surface area contributed by atoms with Gasteiger partial charge in [0.15, 0.2) is 0 Å². The molecule has 0 aromatic rings. The van der Waals surface area contributed by atoms with Gasteiger partial charge in [0.05, 0.1) is 0 Å². The molecule has 0 aromatic heterocycles. The maximum absolute atomic E-state index is 10.0. The van der Waals surface area contributed by atoms with E-state index in [1.165, 1.54) is 0 Å². The number of thioether (sulfide) groups is 1. The first-order chi connectivity index (χ1) is 3.31. The Bertz CT molecular complexity index is 124. The highest BCUT2D eigenvalue weighted by molar-refractivity contribution is 8.17. The molecule has 0 aliphatic heterocycles. The van der Waals surface area contributed by atoms with Crippen LogP contribution in [0, 0.1) is 10.7 Å². The number of carbonyl (C=O) groups excluding carboxylic acids is 1. The van der Waals surface area contributed by atoms with Gasteiger partial charge in [-0.25, -0.2) is 0 Å². The molecular formula is C4H3NOS. The van der Waals surface area contributed by atoms with Crippen LogP contribution < -0.4 is 0 Å². The summed E-state index contributed by atoms with van der Waals surface area (Å²) in [5.41, 5.74) is 0. The van der Waals surface area contributed by atoms with Crippen molar-refractivity contribution >= 4 is 16.9 Å². The monoisotopic (exact) mass is 113 g/mol. The Hall–Kier alpha value is -0.750. The van der Waals surface area contributed by atoms with Crippen molar-refractivity contribution in [1.29, 1.82) is 5.26 Å². The van der Waals surface area contributed by atoms with Gasteiger partial charge in [0.2, 0.25) is 5.12 Å². The van der Waals surface area contributed by atoms with Crippen molar-refractivity contribution < 1.29 is 4.79 Å². The molecule has 2 nitrogen and oxygen atoms in total. The van der Waals surface area contributed by atoms with Gasteiger partial charge in [0, 0.05) is 11.8 Å². The van der Waals surface area contributed by atoms with E-state index in [1.54, 1.807) is 5.40 Å². The number of nitriles is 1. The Kier molecular flexibility index (Phi) is 3.07. The van der Waals surface area contributed by atoms with E-state index >= 15 is 0 Å². The van der Waals surface area contributed by atoms with Crippen LogP contribution in [0.5, 0.6) is 0 Å². The molecule has 0 saturated carbocycles. The summed E-state index contributed by atoms with van der Waals surface area (Å²) in [7, 11) is 0. The summed E-state index contributed by atoms with van der Waals surface area (Å²) in [4.78, 5) is 10.0. The van der Waals surface area contributed by atoms with Crippen LogP contribution >= 0.6 is 11.8 Å². The third kappa shape index (κ3) is 3.07. The van der Waals surface area contributed by atoms with Crippen LogP contribution in [0.4, 0.5) is 0 Å². The second kappa shape index (κ2) is 3.44. The third-order valence-corrected chi connectivity index (χ3v) is 0.772. The molecule has 36 valence electrons. The summed E-state index contributed by atoms with van der Waals surface area (Å²) in [6, 6.07) is 0. The fourth-order valence-corrected chi connectivity index (χ4v) is 0.260. The Labute approximate surface area is 45.8 Å². The topological polar surface area (TPSA) is 40.9 Å². The molecule has 0 saturated heterocycles. The van der Waals surface area contributed by atoms with E-state index in [4.69, 9.17) is 5.26 Å². The molecule has 0 aromatic carbocycles. The van der Waals surface area contributed by atoms with Crippen LogP contribution in [0.15, 0.2) is 12.7 Å². The molecule has 0 spiro atoms. The lowest BCUT2D eigenvalue weighted by atomic mass is 10.7. The molecule has 0 fully saturated rings. The van der Waals surface area contributed by atoms with Gasteiger partial charge in [-0.2, -0.15) is 5.26 Å². The first-order valence-corrected chi connectivity index (χ1v) is 2.35. The Morgan fingerprint density at radius 3 is 2.71 bits per heavy atom. The van der Waals surface area contributed by atoms with E-state index in [2.05, 4.69) is 6.58 Å². The van der Waals surface area contributed by atoms with Crippen LogP contribution in [0.2, 0.25) is 0 Å². The number of thiocyanates is 1. The van der Waals surface area contributed by atoms with Crippen molar-refractivity contribution in [2.45, 2.75) is 0 Å². The van der Waals surface area contributed by atoms with Crippen LogP contribution in [0.25, 0.3) is 0 Å². The number of hydrogen-bond acceptors (Lipinski definition) is 3. The van der Waals surface area contributed by atoms with Gasteiger partial charge in [-0.1, -0.05) is 6.58 Å². The minimum Gasteiger partial charge on any atom is -0.281 e. The van der Waals surface area contributed by atoms with Crippen molar-refractivity contribution in [2.24, 2.45) is 0 Å². The van der Waals surface area contributed by atoms with E-state index in [-0.39, 0.29) is 5.12 Å². The largest absolute Gasteiger partial charge is 0.281 e. The van der Waals surface area contributed by atoms with Crippen LogP contribution in [0.3, 0.4) is 0 Å². The Balaban J connectivity index is 3.42. The molecule has 0 N–H and O–H groups in total. The van der Waals surface area contributed by atoms with Gasteiger partial charge in [0.25, 0.3) is 0 Å². The second-order valence-corrected chi connectivity index (χ2v) is 1.51. The molecule has 0 amide bonds. The van der Waals surface area contributed by atoms with Gasteiger partial charge < -0.3 is 0 Å². The summed E-state index contributed by atoms with van der Waals surface area (Å²) in [6.07, 6.45) is 1.11. The van der Waals surface area contributed by atoms with E-state index in [9.17, 15) is 4.79 Å². The predicted molar refractivity (Wildman–Crippen MR) is 28.4 cm³/mol. The number of carbonyl (C=O) groups is 1. The van der Waals surface area contributed by atoms with Gasteiger partial charge in [-0.05, 0) is 6.08 Å². The van der Waals surface area contributed by atoms with Gasteiger partial charge in [-0.15, -0.1) is 0 Å². The molecule has 3 heteroatoms. The third-order valence-electron chi connectivity index (χ3n) is 0.313. The summed E-state index contributed by atoms with van der Waals surface area (Å²) in [5.74, 6) is 0. The highest BCUT2D eigenvalue weighted by Crippen LogP contribution is 1.96. The number of nitrogens with zero attached hydrogens (tertiary/aromatic N) is 1. The zero-order valence-corrected chi connectivity index (χ0v) is 4.36. The molecule has 0 atom stereocenters. The van der Waals surface area contributed by atoms with Crippen molar-refractivity contribution in [3.05, 3.63) is 12.7 Å². The quantitative estimate of drug-likeness (QED) is 0.375. The van der Waals surface area contributed by atoms with E-state index in [1.807, 2.05) is 0 Å². The number of hydrogen-bond donors (Lipinski definition) is 0. The Morgan fingerprint density at radius 2 is 2.57 bits per heavy atom. The predicted octanol–water partition coefficient (Wildman–Crippen LogP) is 0.913. The first kappa shape index (κ1) is 6.25. The summed E-state index contributed by atoms with van der Waals surface area (Å²) >= 11 is 0.580. The molecule has 0 bridgehead atoms. The van der Waals surface area contributed by atoms with Gasteiger partial charge in [0.1, 0.15) is 5.40 Å². The maximum atomic E-state index is 10.0.